The number of hydrogen-bond donors (Lipinski definition) is 4. The summed E-state index contributed by atoms with van der Waals surface area (Å²) in [6.45, 7) is 3.48. The number of thiophene rings is 1. The number of anilines is 3. The molecule has 1 atom stereocenters. The van der Waals surface area contributed by atoms with E-state index >= 15 is 0 Å². The predicted molar refractivity (Wildman–Crippen MR) is 220 cm³/mol. The fraction of sp³-hybridized carbons (Fsp3) is 0.167. The van der Waals surface area contributed by atoms with Crippen LogP contribution in [-0.2, 0) is 14.3 Å². The molecule has 4 N–H and O–H groups in total. The molecule has 0 aliphatic carbocycles. The van der Waals surface area contributed by atoms with E-state index in [9.17, 15) is 24.0 Å². The molecule has 1 unspecified atom stereocenters. The number of amides is 4. The van der Waals surface area contributed by atoms with Gasteiger partial charge in [0.2, 0.25) is 5.91 Å². The quantitative estimate of drug-likeness (QED) is 0.0467. The van der Waals surface area contributed by atoms with E-state index in [1.165, 1.54) is 39.2 Å². The van der Waals surface area contributed by atoms with Crippen molar-refractivity contribution in [2.45, 2.75) is 30.4 Å². The Morgan fingerprint density at radius 1 is 0.768 bits per heavy atom. The van der Waals surface area contributed by atoms with Crippen LogP contribution in [0.15, 0.2) is 114 Å². The highest BCUT2D eigenvalue weighted by Crippen LogP contribution is 2.36. The molecule has 288 valence electrons. The van der Waals surface area contributed by atoms with E-state index in [1.807, 2.05) is 13.0 Å². The van der Waals surface area contributed by atoms with Crippen molar-refractivity contribution in [1.29, 1.82) is 0 Å². The maximum atomic E-state index is 13.8. The Balaban J connectivity index is 1.35. The summed E-state index contributed by atoms with van der Waals surface area (Å²) in [5.41, 5.74) is 2.31. The van der Waals surface area contributed by atoms with Crippen molar-refractivity contribution in [1.82, 2.24) is 5.32 Å². The first-order chi connectivity index (χ1) is 27.0. The molecule has 4 amide bonds. The topological polar surface area (TPSA) is 161 Å². The Hall–Kier alpha value is -6.38. The minimum absolute atomic E-state index is 0.0457. The first-order valence-corrected chi connectivity index (χ1v) is 19.0. The number of para-hydroxylation sites is 1. The molecule has 0 radical (unpaired) electrons. The van der Waals surface area contributed by atoms with Crippen LogP contribution in [0, 0.1) is 6.92 Å². The van der Waals surface area contributed by atoms with Gasteiger partial charge >= 0.3 is 5.97 Å². The third-order valence-electron chi connectivity index (χ3n) is 8.31. The number of hydrogen-bond acceptors (Lipinski definition) is 10. The SMILES string of the molecule is CCC(Sc1cccc(NC(=O)/C(=C\c2ccc(OC)cc2OC)NC(=O)c2ccccc2)c1)C(=O)Nc1sc(C(=O)Nc2ccccc2)c(C)c1C(=O)OC. The van der Waals surface area contributed by atoms with E-state index in [0.717, 1.165) is 11.3 Å². The zero-order valence-corrected chi connectivity index (χ0v) is 32.9. The van der Waals surface area contributed by atoms with Crippen LogP contribution in [0.2, 0.25) is 0 Å². The van der Waals surface area contributed by atoms with E-state index in [0.29, 0.717) is 50.9 Å². The smallest absolute Gasteiger partial charge is 0.341 e. The number of methoxy groups -OCH3 is 3. The monoisotopic (exact) mass is 792 g/mol. The van der Waals surface area contributed by atoms with Crippen LogP contribution < -0.4 is 30.7 Å². The third-order valence-corrected chi connectivity index (χ3v) is 10.9. The predicted octanol–water partition coefficient (Wildman–Crippen LogP) is 8.03. The molecule has 14 heteroatoms. The van der Waals surface area contributed by atoms with Gasteiger partial charge in [0, 0.05) is 33.5 Å². The average Bonchev–Trinajstić information content (AvgIpc) is 3.54. The second-order valence-corrected chi connectivity index (χ2v) is 14.3. The Labute approximate surface area is 332 Å². The van der Waals surface area contributed by atoms with Crippen molar-refractivity contribution in [3.8, 4) is 11.5 Å². The number of thioether (sulfide) groups is 1. The van der Waals surface area contributed by atoms with E-state index in [-0.39, 0.29) is 21.1 Å². The van der Waals surface area contributed by atoms with Gasteiger partial charge in [0.25, 0.3) is 17.7 Å². The number of carbonyl (C=O) groups excluding carboxylic acids is 5. The fourth-order valence-corrected chi connectivity index (χ4v) is 7.54. The van der Waals surface area contributed by atoms with Crippen LogP contribution in [0.5, 0.6) is 11.5 Å². The summed E-state index contributed by atoms with van der Waals surface area (Å²) in [5.74, 6) is -1.61. The molecule has 0 aliphatic heterocycles. The van der Waals surface area contributed by atoms with E-state index < -0.39 is 34.8 Å². The van der Waals surface area contributed by atoms with Crippen LogP contribution >= 0.6 is 23.1 Å². The molecule has 12 nitrogen and oxygen atoms in total. The summed E-state index contributed by atoms with van der Waals surface area (Å²) in [6.07, 6.45) is 1.92. The van der Waals surface area contributed by atoms with Crippen molar-refractivity contribution in [3.63, 3.8) is 0 Å². The molecular formula is C42H40N4O8S2. The summed E-state index contributed by atoms with van der Waals surface area (Å²) in [4.78, 5) is 67.7. The standard InChI is InChI=1S/C42H40N4O8S2/c1-6-34(39(49)46-41-35(42(51)54-5)25(2)36(56-41)40(50)43-28-16-11-8-12-17-28)55-31-19-13-18-29(23-31)44-38(48)32(45-37(47)26-14-9-7-10-15-26)22-27-20-21-30(52-3)24-33(27)53-4/h7-24,34H,6H2,1-5H3,(H,43,50)(H,44,48)(H,45,47)(H,46,49)/b32-22+. The second-order valence-electron chi connectivity index (χ2n) is 12.0. The average molecular weight is 793 g/mol. The number of ether oxygens (including phenoxy) is 3. The lowest BCUT2D eigenvalue weighted by Crippen LogP contribution is -2.30. The first-order valence-electron chi connectivity index (χ1n) is 17.3. The van der Waals surface area contributed by atoms with Crippen LogP contribution in [0.25, 0.3) is 6.08 Å². The molecule has 4 aromatic carbocycles. The molecule has 1 heterocycles. The van der Waals surface area contributed by atoms with E-state index in [4.69, 9.17) is 14.2 Å². The van der Waals surface area contributed by atoms with Crippen molar-refractivity contribution in [2.75, 3.05) is 37.3 Å². The fourth-order valence-electron chi connectivity index (χ4n) is 5.44. The van der Waals surface area contributed by atoms with E-state index in [2.05, 4.69) is 21.3 Å². The number of benzene rings is 4. The Kier molecular flexibility index (Phi) is 14.0. The highest BCUT2D eigenvalue weighted by atomic mass is 32.2. The zero-order valence-electron chi connectivity index (χ0n) is 31.3. The molecule has 0 saturated heterocycles. The Morgan fingerprint density at radius 3 is 2.12 bits per heavy atom. The van der Waals surface area contributed by atoms with Gasteiger partial charge in [0.1, 0.15) is 22.2 Å². The summed E-state index contributed by atoms with van der Waals surface area (Å²) in [7, 11) is 4.25. The molecule has 0 fully saturated rings. The first kappa shape index (κ1) is 40.8. The molecule has 0 bridgehead atoms. The second kappa shape index (κ2) is 19.3. The van der Waals surface area contributed by atoms with Crippen molar-refractivity contribution >= 4 is 75.1 Å². The van der Waals surface area contributed by atoms with Crippen molar-refractivity contribution in [2.24, 2.45) is 0 Å². The number of rotatable bonds is 15. The Morgan fingerprint density at radius 2 is 1.46 bits per heavy atom. The summed E-state index contributed by atoms with van der Waals surface area (Å²) in [6, 6.07) is 29.4. The number of nitrogens with one attached hydrogen (secondary N) is 4. The van der Waals surface area contributed by atoms with Crippen LogP contribution in [0.4, 0.5) is 16.4 Å². The molecular weight excluding hydrogens is 753 g/mol. The van der Waals surface area contributed by atoms with Gasteiger partial charge in [0.15, 0.2) is 0 Å². The Bertz CT molecular complexity index is 2260. The lowest BCUT2D eigenvalue weighted by atomic mass is 10.1. The minimum atomic E-state index is -0.684. The van der Waals surface area contributed by atoms with Crippen molar-refractivity contribution < 1.29 is 38.2 Å². The highest BCUT2D eigenvalue weighted by molar-refractivity contribution is 8.00. The minimum Gasteiger partial charge on any atom is -0.497 e. The lowest BCUT2D eigenvalue weighted by Gasteiger charge is -2.16. The van der Waals surface area contributed by atoms with Crippen LogP contribution in [0.1, 0.15) is 54.9 Å². The summed E-state index contributed by atoms with van der Waals surface area (Å²) in [5, 5.41) is 10.8. The third kappa shape index (κ3) is 10.2. The van der Waals surface area contributed by atoms with Crippen LogP contribution in [0.3, 0.4) is 0 Å². The highest BCUT2D eigenvalue weighted by Gasteiger charge is 2.28. The molecule has 0 aliphatic rings. The molecule has 0 saturated carbocycles. The largest absolute Gasteiger partial charge is 0.497 e. The lowest BCUT2D eigenvalue weighted by molar-refractivity contribution is -0.116. The maximum absolute atomic E-state index is 13.8. The van der Waals surface area contributed by atoms with Gasteiger partial charge in [-0.2, -0.15) is 0 Å². The molecule has 1 aromatic heterocycles. The number of carbonyl (C=O) groups is 5. The molecule has 5 aromatic rings. The van der Waals surface area contributed by atoms with Gasteiger partial charge in [0.05, 0.1) is 37.0 Å². The molecule has 0 spiro atoms. The van der Waals surface area contributed by atoms with Gasteiger partial charge < -0.3 is 35.5 Å². The van der Waals surface area contributed by atoms with Gasteiger partial charge in [-0.05, 0) is 79.6 Å². The maximum Gasteiger partial charge on any atom is 0.341 e. The normalized spacial score (nSPS) is 11.5. The summed E-state index contributed by atoms with van der Waals surface area (Å²) < 4.78 is 15.8. The van der Waals surface area contributed by atoms with Crippen molar-refractivity contribution in [3.05, 3.63) is 136 Å². The summed E-state index contributed by atoms with van der Waals surface area (Å²) >= 11 is 2.24. The molecule has 56 heavy (non-hydrogen) atoms. The van der Waals surface area contributed by atoms with Crippen LogP contribution in [-0.4, -0.2) is 56.2 Å². The van der Waals surface area contributed by atoms with E-state index in [1.54, 1.807) is 104 Å². The van der Waals surface area contributed by atoms with Gasteiger partial charge in [-0.15, -0.1) is 23.1 Å². The molecule has 5 rings (SSSR count). The number of esters is 1. The van der Waals surface area contributed by atoms with Gasteiger partial charge in [-0.3, -0.25) is 19.2 Å². The van der Waals surface area contributed by atoms with Gasteiger partial charge in [-0.25, -0.2) is 4.79 Å². The zero-order chi connectivity index (χ0) is 40.2. The van der Waals surface area contributed by atoms with Gasteiger partial charge in [-0.1, -0.05) is 49.4 Å².